The van der Waals surface area contributed by atoms with Crippen molar-refractivity contribution in [3.05, 3.63) is 98.7 Å². The van der Waals surface area contributed by atoms with Crippen LogP contribution in [0.3, 0.4) is 0 Å². The second-order valence-electron chi connectivity index (χ2n) is 6.20. The fourth-order valence-corrected chi connectivity index (χ4v) is 3.28. The van der Waals surface area contributed by atoms with E-state index in [2.05, 4.69) is 21.2 Å². The molecule has 0 bridgehead atoms. The first-order valence-electron chi connectivity index (χ1n) is 8.81. The first-order chi connectivity index (χ1) is 14.5. The number of rotatable bonds is 6. The quantitative estimate of drug-likeness (QED) is 0.326. The monoisotopic (exact) mass is 484 g/mol. The molecule has 0 saturated heterocycles. The molecule has 3 aromatic rings. The molecule has 0 radical (unpaired) electrons. The van der Waals surface area contributed by atoms with Crippen LogP contribution in [-0.4, -0.2) is 5.91 Å². The number of hydrogen-bond donors (Lipinski definition) is 1. The van der Waals surface area contributed by atoms with Crippen LogP contribution in [0.15, 0.2) is 76.8 Å². The van der Waals surface area contributed by atoms with Crippen LogP contribution in [0.2, 0.25) is 5.02 Å². The van der Waals surface area contributed by atoms with Crippen molar-refractivity contribution in [1.82, 2.24) is 0 Å². The summed E-state index contributed by atoms with van der Waals surface area (Å²) in [5.74, 6) is -0.370. The number of nitrogens with one attached hydrogen (secondary N) is 1. The lowest BCUT2D eigenvalue weighted by molar-refractivity contribution is -0.112. The van der Waals surface area contributed by atoms with Crippen LogP contribution in [0.25, 0.3) is 6.08 Å². The molecule has 0 atom stereocenters. The molecule has 0 aromatic heterocycles. The molecule has 0 aliphatic rings. The summed E-state index contributed by atoms with van der Waals surface area (Å²) in [7, 11) is 0. The number of carbonyl (C=O) groups is 1. The fraction of sp³-hybridized carbons (Fsp3) is 0.0435. The van der Waals surface area contributed by atoms with Gasteiger partial charge >= 0.3 is 0 Å². The smallest absolute Gasteiger partial charge is 0.266 e. The van der Waals surface area contributed by atoms with Gasteiger partial charge in [0.05, 0.1) is 4.47 Å². The summed E-state index contributed by atoms with van der Waals surface area (Å²) >= 11 is 9.31. The Morgan fingerprint density at radius 2 is 1.97 bits per heavy atom. The molecule has 0 unspecified atom stereocenters. The van der Waals surface area contributed by atoms with Crippen LogP contribution >= 0.6 is 27.5 Å². The molecule has 3 rings (SSSR count). The summed E-state index contributed by atoms with van der Waals surface area (Å²) in [6.45, 7) is 0.0753. The minimum absolute atomic E-state index is 0.0677. The molecule has 7 heteroatoms. The number of carbonyl (C=O) groups excluding carboxylic acids is 1. The second kappa shape index (κ2) is 10.1. The molecule has 0 saturated carbocycles. The van der Waals surface area contributed by atoms with Crippen LogP contribution in [0.5, 0.6) is 5.75 Å². The first-order valence-corrected chi connectivity index (χ1v) is 9.98. The van der Waals surface area contributed by atoms with Gasteiger partial charge in [-0.2, -0.15) is 5.26 Å². The summed E-state index contributed by atoms with van der Waals surface area (Å²) < 4.78 is 20.0. The maximum absolute atomic E-state index is 13.7. The Bertz CT molecular complexity index is 1160. The van der Waals surface area contributed by atoms with Gasteiger partial charge in [-0.3, -0.25) is 4.79 Å². The summed E-state index contributed by atoms with van der Waals surface area (Å²) in [6, 6.07) is 20.0. The third-order valence-corrected chi connectivity index (χ3v) is 4.91. The van der Waals surface area contributed by atoms with Crippen LogP contribution in [-0.2, 0) is 11.4 Å². The highest BCUT2D eigenvalue weighted by Gasteiger charge is 2.11. The molecule has 150 valence electrons. The van der Waals surface area contributed by atoms with Gasteiger partial charge in [0.25, 0.3) is 5.91 Å². The summed E-state index contributed by atoms with van der Waals surface area (Å²) in [4.78, 5) is 12.4. The van der Waals surface area contributed by atoms with Crippen molar-refractivity contribution in [1.29, 1.82) is 5.26 Å². The lowest BCUT2D eigenvalue weighted by Crippen LogP contribution is -2.13. The van der Waals surface area contributed by atoms with Gasteiger partial charge < -0.3 is 10.1 Å². The average molecular weight is 486 g/mol. The number of nitrogens with zero attached hydrogens (tertiary/aromatic N) is 1. The molecular formula is C23H15BrClFN2O2. The number of ether oxygens (including phenoxy) is 1. The number of halogens is 3. The minimum atomic E-state index is -0.546. The lowest BCUT2D eigenvalue weighted by Gasteiger charge is -2.10. The number of nitriles is 1. The van der Waals surface area contributed by atoms with E-state index < -0.39 is 5.91 Å². The van der Waals surface area contributed by atoms with E-state index in [4.69, 9.17) is 16.3 Å². The van der Waals surface area contributed by atoms with Crippen molar-refractivity contribution in [3.63, 3.8) is 0 Å². The highest BCUT2D eigenvalue weighted by Crippen LogP contribution is 2.28. The Kier molecular flexibility index (Phi) is 7.23. The van der Waals surface area contributed by atoms with Gasteiger partial charge in [-0.15, -0.1) is 0 Å². The highest BCUT2D eigenvalue weighted by molar-refractivity contribution is 9.10. The minimum Gasteiger partial charge on any atom is -0.488 e. The molecule has 0 heterocycles. The van der Waals surface area contributed by atoms with E-state index in [0.29, 0.717) is 32.1 Å². The standard InChI is InChI=1S/C23H15BrClFN2O2/c24-20-11-15(8-9-22(20)30-14-16-4-1-2-7-21(16)26)10-17(13-27)23(29)28-19-6-3-5-18(25)12-19/h1-12H,14H2,(H,28,29)/b17-10+. The molecule has 30 heavy (non-hydrogen) atoms. The SMILES string of the molecule is N#C/C(=C\c1ccc(OCc2ccccc2F)c(Br)c1)C(=O)Nc1cccc(Cl)c1. The first kappa shape index (κ1) is 21.6. The van der Waals surface area contributed by atoms with Crippen molar-refractivity contribution in [2.45, 2.75) is 6.61 Å². The van der Waals surface area contributed by atoms with Crippen LogP contribution in [0, 0.1) is 17.1 Å². The van der Waals surface area contributed by atoms with E-state index in [9.17, 15) is 14.4 Å². The Morgan fingerprint density at radius 1 is 1.17 bits per heavy atom. The average Bonchev–Trinajstić information content (AvgIpc) is 2.72. The van der Waals surface area contributed by atoms with Gasteiger partial charge in [0, 0.05) is 16.3 Å². The molecule has 0 fully saturated rings. The Morgan fingerprint density at radius 3 is 2.67 bits per heavy atom. The van der Waals surface area contributed by atoms with Gasteiger partial charge in [-0.1, -0.05) is 41.9 Å². The van der Waals surface area contributed by atoms with Gasteiger partial charge in [-0.25, -0.2) is 4.39 Å². The van der Waals surface area contributed by atoms with Crippen LogP contribution in [0.4, 0.5) is 10.1 Å². The highest BCUT2D eigenvalue weighted by atomic mass is 79.9. The molecule has 0 spiro atoms. The van der Waals surface area contributed by atoms with E-state index >= 15 is 0 Å². The Labute approximate surface area is 186 Å². The van der Waals surface area contributed by atoms with E-state index in [1.54, 1.807) is 60.7 Å². The number of hydrogen-bond acceptors (Lipinski definition) is 3. The number of amides is 1. The van der Waals surface area contributed by atoms with Gasteiger partial charge in [0.1, 0.15) is 29.8 Å². The van der Waals surface area contributed by atoms with Crippen molar-refractivity contribution in [2.24, 2.45) is 0 Å². The molecular weight excluding hydrogens is 471 g/mol. The molecule has 4 nitrogen and oxygen atoms in total. The Hall–Kier alpha value is -3.14. The lowest BCUT2D eigenvalue weighted by atomic mass is 10.1. The second-order valence-corrected chi connectivity index (χ2v) is 7.50. The number of anilines is 1. The molecule has 3 aromatic carbocycles. The predicted molar refractivity (Wildman–Crippen MR) is 119 cm³/mol. The van der Waals surface area contributed by atoms with E-state index in [0.717, 1.165) is 0 Å². The van der Waals surface area contributed by atoms with Gasteiger partial charge in [0.2, 0.25) is 0 Å². The zero-order valence-corrected chi connectivity index (χ0v) is 17.9. The molecule has 1 N–H and O–H groups in total. The van der Waals surface area contributed by atoms with Crippen LogP contribution < -0.4 is 10.1 Å². The van der Waals surface area contributed by atoms with E-state index in [1.165, 1.54) is 12.1 Å². The van der Waals surface area contributed by atoms with E-state index in [1.807, 2.05) is 6.07 Å². The van der Waals surface area contributed by atoms with Crippen molar-refractivity contribution in [2.75, 3.05) is 5.32 Å². The maximum Gasteiger partial charge on any atom is 0.266 e. The molecule has 1 amide bonds. The van der Waals surface area contributed by atoms with Crippen molar-refractivity contribution in [3.8, 4) is 11.8 Å². The zero-order valence-electron chi connectivity index (χ0n) is 15.5. The summed E-state index contributed by atoms with van der Waals surface area (Å²) in [5.41, 5.74) is 1.49. The van der Waals surface area contributed by atoms with Crippen molar-refractivity contribution < 1.29 is 13.9 Å². The third-order valence-electron chi connectivity index (χ3n) is 4.06. The normalized spacial score (nSPS) is 10.9. The number of benzene rings is 3. The summed E-state index contributed by atoms with van der Waals surface area (Å²) in [5, 5.41) is 12.5. The Balaban J connectivity index is 1.72. The molecule has 0 aliphatic carbocycles. The maximum atomic E-state index is 13.7. The van der Waals surface area contributed by atoms with Gasteiger partial charge in [0.15, 0.2) is 0 Å². The summed E-state index contributed by atoms with van der Waals surface area (Å²) in [6.07, 6.45) is 1.46. The van der Waals surface area contributed by atoms with Crippen LogP contribution in [0.1, 0.15) is 11.1 Å². The third kappa shape index (κ3) is 5.69. The predicted octanol–water partition coefficient (Wildman–Crippen LogP) is 6.37. The molecule has 0 aliphatic heterocycles. The van der Waals surface area contributed by atoms with E-state index in [-0.39, 0.29) is 18.0 Å². The van der Waals surface area contributed by atoms with Gasteiger partial charge in [-0.05, 0) is 64.0 Å². The largest absolute Gasteiger partial charge is 0.488 e. The topological polar surface area (TPSA) is 62.1 Å². The van der Waals surface area contributed by atoms with Crippen molar-refractivity contribution >= 4 is 45.2 Å². The zero-order chi connectivity index (χ0) is 21.5. The fourth-order valence-electron chi connectivity index (χ4n) is 2.57.